The van der Waals surface area contributed by atoms with E-state index in [0.29, 0.717) is 12.3 Å². The van der Waals surface area contributed by atoms with Gasteiger partial charge >= 0.3 is 0 Å². The van der Waals surface area contributed by atoms with Gasteiger partial charge in [-0.1, -0.05) is 12.1 Å². The molecule has 0 aliphatic heterocycles. The molecule has 0 fully saturated rings. The van der Waals surface area contributed by atoms with E-state index in [1.165, 1.54) is 6.07 Å². The first kappa shape index (κ1) is 15.6. The second-order valence-corrected chi connectivity index (χ2v) is 5.89. The van der Waals surface area contributed by atoms with E-state index in [2.05, 4.69) is 0 Å². The smallest absolute Gasteiger partial charge is 0.160 e. The molecule has 2 aromatic carbocycles. The third-order valence-corrected chi connectivity index (χ3v) is 4.17. The maximum absolute atomic E-state index is 13.0. The summed E-state index contributed by atoms with van der Waals surface area (Å²) in [5.41, 5.74) is 6.48. The van der Waals surface area contributed by atoms with E-state index >= 15 is 0 Å². The van der Waals surface area contributed by atoms with E-state index in [1.54, 1.807) is 12.1 Å². The van der Waals surface area contributed by atoms with Crippen LogP contribution in [0.1, 0.15) is 5.56 Å². The van der Waals surface area contributed by atoms with Gasteiger partial charge in [-0.15, -0.1) is 0 Å². The number of ether oxygens (including phenoxy) is 1. The van der Waals surface area contributed by atoms with Gasteiger partial charge in [-0.3, -0.25) is 4.21 Å². The Morgan fingerprint density at radius 2 is 1.76 bits per heavy atom. The Bertz CT molecular complexity index is 632. The molecular formula is C15H15F2NO2S. The molecule has 21 heavy (non-hydrogen) atoms. The third-order valence-electron chi connectivity index (χ3n) is 2.85. The molecule has 0 heterocycles. The van der Waals surface area contributed by atoms with Crippen molar-refractivity contribution < 1.29 is 17.7 Å². The van der Waals surface area contributed by atoms with Gasteiger partial charge in [0.25, 0.3) is 0 Å². The summed E-state index contributed by atoms with van der Waals surface area (Å²) in [6, 6.07) is 10.5. The Hall–Kier alpha value is -1.79. The predicted octanol–water partition coefficient (Wildman–Crippen LogP) is 2.61. The molecule has 1 atom stereocenters. The average Bonchev–Trinajstić information content (AvgIpc) is 2.50. The van der Waals surface area contributed by atoms with Crippen molar-refractivity contribution in [2.75, 3.05) is 12.4 Å². The quantitative estimate of drug-likeness (QED) is 0.892. The zero-order chi connectivity index (χ0) is 15.2. The van der Waals surface area contributed by atoms with Crippen LogP contribution in [0.4, 0.5) is 8.78 Å². The summed E-state index contributed by atoms with van der Waals surface area (Å²) in [4.78, 5) is 0.246. The van der Waals surface area contributed by atoms with Crippen LogP contribution in [0.15, 0.2) is 47.4 Å². The first-order chi connectivity index (χ1) is 10.1. The summed E-state index contributed by atoms with van der Waals surface area (Å²) in [5.74, 6) is -1.11. The van der Waals surface area contributed by atoms with Crippen LogP contribution >= 0.6 is 0 Å². The molecule has 0 radical (unpaired) electrons. The second kappa shape index (κ2) is 7.28. The monoisotopic (exact) mass is 311 g/mol. The molecule has 0 spiro atoms. The van der Waals surface area contributed by atoms with Crippen molar-refractivity contribution in [1.82, 2.24) is 0 Å². The van der Waals surface area contributed by atoms with Crippen LogP contribution < -0.4 is 10.5 Å². The van der Waals surface area contributed by atoms with E-state index in [4.69, 9.17) is 10.5 Å². The van der Waals surface area contributed by atoms with Gasteiger partial charge < -0.3 is 10.5 Å². The predicted molar refractivity (Wildman–Crippen MR) is 77.5 cm³/mol. The lowest BCUT2D eigenvalue weighted by Gasteiger charge is -2.07. The zero-order valence-electron chi connectivity index (χ0n) is 11.2. The fourth-order valence-corrected chi connectivity index (χ4v) is 2.62. The van der Waals surface area contributed by atoms with E-state index < -0.39 is 22.4 Å². The number of halogens is 2. The fraction of sp³-hybridized carbons (Fsp3) is 0.200. The van der Waals surface area contributed by atoms with Crippen molar-refractivity contribution in [2.24, 2.45) is 5.73 Å². The fourth-order valence-electron chi connectivity index (χ4n) is 1.69. The summed E-state index contributed by atoms with van der Waals surface area (Å²) in [6.45, 7) is 0.675. The zero-order valence-corrected chi connectivity index (χ0v) is 12.0. The molecule has 0 aliphatic carbocycles. The van der Waals surface area contributed by atoms with Crippen LogP contribution in [0.2, 0.25) is 0 Å². The van der Waals surface area contributed by atoms with E-state index in [0.717, 1.165) is 17.7 Å². The molecule has 2 N–H and O–H groups in total. The first-order valence-electron chi connectivity index (χ1n) is 6.35. The maximum atomic E-state index is 13.0. The molecule has 0 aromatic heterocycles. The van der Waals surface area contributed by atoms with Crippen molar-refractivity contribution in [2.45, 2.75) is 11.4 Å². The van der Waals surface area contributed by atoms with Crippen LogP contribution in [0.3, 0.4) is 0 Å². The number of benzene rings is 2. The van der Waals surface area contributed by atoms with Crippen LogP contribution in [0.5, 0.6) is 5.75 Å². The topological polar surface area (TPSA) is 52.3 Å². The highest BCUT2D eigenvalue weighted by molar-refractivity contribution is 7.85. The minimum Gasteiger partial charge on any atom is -0.493 e. The summed E-state index contributed by atoms with van der Waals surface area (Å²) in [6.07, 6.45) is 0. The Morgan fingerprint density at radius 3 is 2.38 bits per heavy atom. The van der Waals surface area contributed by atoms with Gasteiger partial charge in [0, 0.05) is 11.4 Å². The number of hydrogen-bond donors (Lipinski definition) is 1. The highest BCUT2D eigenvalue weighted by atomic mass is 32.2. The second-order valence-electron chi connectivity index (χ2n) is 4.32. The van der Waals surface area contributed by atoms with Crippen LogP contribution in [-0.2, 0) is 17.3 Å². The van der Waals surface area contributed by atoms with Crippen LogP contribution in [0.25, 0.3) is 0 Å². The van der Waals surface area contributed by atoms with Gasteiger partial charge in [0.1, 0.15) is 12.4 Å². The molecule has 6 heteroatoms. The van der Waals surface area contributed by atoms with E-state index in [1.807, 2.05) is 12.1 Å². The van der Waals surface area contributed by atoms with Gasteiger partial charge in [-0.05, 0) is 35.9 Å². The van der Waals surface area contributed by atoms with Gasteiger partial charge in [-0.2, -0.15) is 0 Å². The van der Waals surface area contributed by atoms with Crippen molar-refractivity contribution in [3.63, 3.8) is 0 Å². The molecule has 0 saturated carbocycles. The molecular weight excluding hydrogens is 296 g/mol. The van der Waals surface area contributed by atoms with Gasteiger partial charge in [-0.25, -0.2) is 8.78 Å². The van der Waals surface area contributed by atoms with Crippen LogP contribution in [-0.4, -0.2) is 16.6 Å². The molecule has 2 rings (SSSR count). The lowest BCUT2D eigenvalue weighted by atomic mass is 10.2. The third kappa shape index (κ3) is 4.34. The van der Waals surface area contributed by atoms with Crippen LogP contribution in [0, 0.1) is 11.6 Å². The number of rotatable bonds is 6. The number of hydrogen-bond acceptors (Lipinski definition) is 3. The molecule has 1 unspecified atom stereocenters. The normalized spacial score (nSPS) is 12.1. The van der Waals surface area contributed by atoms with Crippen molar-refractivity contribution in [3.8, 4) is 5.75 Å². The summed E-state index contributed by atoms with van der Waals surface area (Å²) in [7, 11) is -1.43. The lowest BCUT2D eigenvalue weighted by Crippen LogP contribution is -2.09. The standard InChI is InChI=1S/C15H15F2NO2S/c16-14-6-5-13(9-15(14)17)21(19)8-7-20-12-3-1-11(10-18)2-4-12/h1-6,9H,7-8,10,18H2. The Balaban J connectivity index is 1.87. The maximum Gasteiger partial charge on any atom is 0.160 e. The Kier molecular flexibility index (Phi) is 5.41. The number of nitrogens with two attached hydrogens (primary N) is 1. The molecule has 0 saturated heterocycles. The van der Waals surface area contributed by atoms with Crippen molar-refractivity contribution >= 4 is 10.8 Å². The highest BCUT2D eigenvalue weighted by Crippen LogP contribution is 2.14. The van der Waals surface area contributed by atoms with Crippen molar-refractivity contribution in [1.29, 1.82) is 0 Å². The summed E-state index contributed by atoms with van der Waals surface area (Å²) < 4.78 is 43.2. The molecule has 2 aromatic rings. The molecule has 3 nitrogen and oxygen atoms in total. The summed E-state index contributed by atoms with van der Waals surface area (Å²) in [5, 5.41) is 0. The Labute approximate surface area is 124 Å². The Morgan fingerprint density at radius 1 is 1.05 bits per heavy atom. The molecule has 0 amide bonds. The highest BCUT2D eigenvalue weighted by Gasteiger charge is 2.08. The first-order valence-corrected chi connectivity index (χ1v) is 7.67. The van der Waals surface area contributed by atoms with Gasteiger partial charge in [0.05, 0.1) is 16.6 Å². The average molecular weight is 311 g/mol. The molecule has 0 bridgehead atoms. The van der Waals surface area contributed by atoms with Gasteiger partial charge in [0.15, 0.2) is 11.6 Å². The van der Waals surface area contributed by atoms with Gasteiger partial charge in [0.2, 0.25) is 0 Å². The van der Waals surface area contributed by atoms with Crippen molar-refractivity contribution in [3.05, 3.63) is 59.7 Å². The minimum atomic E-state index is -1.43. The van der Waals surface area contributed by atoms with E-state index in [9.17, 15) is 13.0 Å². The minimum absolute atomic E-state index is 0.198. The largest absolute Gasteiger partial charge is 0.493 e. The molecule has 112 valence electrons. The van der Waals surface area contributed by atoms with E-state index in [-0.39, 0.29) is 17.3 Å². The lowest BCUT2D eigenvalue weighted by molar-refractivity contribution is 0.342. The molecule has 0 aliphatic rings. The SMILES string of the molecule is NCc1ccc(OCCS(=O)c2ccc(F)c(F)c2)cc1. The summed E-state index contributed by atoms with van der Waals surface area (Å²) >= 11 is 0.